The van der Waals surface area contributed by atoms with E-state index in [0.29, 0.717) is 17.5 Å². The van der Waals surface area contributed by atoms with Crippen LogP contribution in [0.4, 0.5) is 4.79 Å². The second-order valence-electron chi connectivity index (χ2n) is 11.1. The molecule has 184 valence electrons. The monoisotopic (exact) mass is 470 g/mol. The molecule has 3 N–H and O–H groups in total. The first-order chi connectivity index (χ1) is 15.9. The molecule has 1 aromatic rings. The molecule has 34 heavy (non-hydrogen) atoms. The maximum absolute atomic E-state index is 12.9. The molecule has 4 aliphatic rings. The van der Waals surface area contributed by atoms with E-state index >= 15 is 0 Å². The van der Waals surface area contributed by atoms with Gasteiger partial charge in [-0.2, -0.15) is 0 Å². The fourth-order valence-electron chi connectivity index (χ4n) is 6.20. The minimum absolute atomic E-state index is 0.209. The van der Waals surface area contributed by atoms with E-state index in [1.165, 1.54) is 17.5 Å². The van der Waals surface area contributed by atoms with Gasteiger partial charge in [-0.1, -0.05) is 18.2 Å². The van der Waals surface area contributed by atoms with Crippen molar-refractivity contribution < 1.29 is 24.2 Å². The number of benzene rings is 1. The van der Waals surface area contributed by atoms with Crippen molar-refractivity contribution in [1.29, 1.82) is 0 Å². The predicted octanol–water partition coefficient (Wildman–Crippen LogP) is 1.42. The van der Waals surface area contributed by atoms with Crippen LogP contribution in [0, 0.1) is 5.92 Å². The lowest BCUT2D eigenvalue weighted by atomic mass is 9.53. The number of hydrogen-bond acceptors (Lipinski definition) is 7. The van der Waals surface area contributed by atoms with Crippen LogP contribution in [-0.2, 0) is 16.6 Å². The summed E-state index contributed by atoms with van der Waals surface area (Å²) >= 11 is 0. The summed E-state index contributed by atoms with van der Waals surface area (Å²) in [6, 6.07) is 4.11. The maximum atomic E-state index is 12.9. The normalized spacial score (nSPS) is 30.9. The van der Waals surface area contributed by atoms with Crippen LogP contribution in [0.5, 0.6) is 11.5 Å². The second kappa shape index (κ2) is 7.69. The minimum atomic E-state index is -0.726. The van der Waals surface area contributed by atoms with Crippen molar-refractivity contribution in [1.82, 2.24) is 14.8 Å². The predicted molar refractivity (Wildman–Crippen MR) is 125 cm³/mol. The van der Waals surface area contributed by atoms with Gasteiger partial charge >= 0.3 is 6.09 Å². The van der Waals surface area contributed by atoms with Crippen LogP contribution >= 0.6 is 0 Å². The number of hydrogen-bond donors (Lipinski definition) is 2. The largest absolute Gasteiger partial charge is 0.482 e. The molecule has 2 aliphatic carbocycles. The molecule has 0 saturated carbocycles. The first-order valence-electron chi connectivity index (χ1n) is 11.9. The third-order valence-electron chi connectivity index (χ3n) is 8.01. The van der Waals surface area contributed by atoms with Gasteiger partial charge in [0.05, 0.1) is 5.54 Å². The van der Waals surface area contributed by atoms with Gasteiger partial charge in [-0.25, -0.2) is 10.6 Å². The Bertz CT molecular complexity index is 1070. The summed E-state index contributed by atoms with van der Waals surface area (Å²) in [4.78, 5) is 29.0. The number of hydrazine groups is 1. The molecule has 2 amide bonds. The van der Waals surface area contributed by atoms with Gasteiger partial charge in [0.15, 0.2) is 11.5 Å². The molecular weight excluding hydrogens is 436 g/mol. The molecule has 0 aromatic heterocycles. The van der Waals surface area contributed by atoms with Crippen molar-refractivity contribution in [2.75, 3.05) is 27.2 Å². The molecule has 1 spiro atoms. The lowest BCUT2D eigenvalue weighted by molar-refractivity contribution is -0.136. The number of carbonyl (C=O) groups is 2. The fourth-order valence-corrected chi connectivity index (χ4v) is 6.20. The van der Waals surface area contributed by atoms with Crippen molar-refractivity contribution >= 4 is 12.0 Å². The zero-order valence-corrected chi connectivity index (χ0v) is 20.4. The van der Waals surface area contributed by atoms with Gasteiger partial charge in [0.2, 0.25) is 0 Å². The van der Waals surface area contributed by atoms with Crippen LogP contribution < -0.4 is 15.3 Å². The highest BCUT2D eigenvalue weighted by Crippen LogP contribution is 2.62. The quantitative estimate of drug-likeness (QED) is 0.298. The van der Waals surface area contributed by atoms with Crippen molar-refractivity contribution in [3.05, 3.63) is 35.4 Å². The molecule has 9 nitrogen and oxygen atoms in total. The van der Waals surface area contributed by atoms with E-state index in [2.05, 4.69) is 18.0 Å². The van der Waals surface area contributed by atoms with Crippen LogP contribution in [-0.4, -0.2) is 82.9 Å². The molecule has 2 unspecified atom stereocenters. The molecule has 0 radical (unpaired) electrons. The number of nitrogens with two attached hydrogens (primary N) is 1. The number of piperidine rings is 1. The van der Waals surface area contributed by atoms with Crippen LogP contribution in [0.15, 0.2) is 24.3 Å². The Balaban J connectivity index is 1.43. The third kappa shape index (κ3) is 3.25. The summed E-state index contributed by atoms with van der Waals surface area (Å²) in [6.07, 6.45) is 3.92. The molecule has 5 atom stereocenters. The SMILES string of the molecule is CN(CC(=O)N(N)C(C)(C)C)C(=O)Oc1ccc2c3c1O[C@H]1[C@@H](O)C=CC4C(C2)N(C)CC[C@@]341. The Morgan fingerprint density at radius 1 is 1.32 bits per heavy atom. The summed E-state index contributed by atoms with van der Waals surface area (Å²) in [5.74, 6) is 6.59. The summed E-state index contributed by atoms with van der Waals surface area (Å²) in [5.41, 5.74) is 1.36. The van der Waals surface area contributed by atoms with Crippen molar-refractivity contribution in [3.8, 4) is 11.5 Å². The van der Waals surface area contributed by atoms with Gasteiger partial charge in [0.25, 0.3) is 5.91 Å². The van der Waals surface area contributed by atoms with Gasteiger partial charge in [-0.05, 0) is 58.8 Å². The lowest BCUT2D eigenvalue weighted by Crippen LogP contribution is -2.64. The topological polar surface area (TPSA) is 109 Å². The molecule has 5 rings (SSSR count). The number of amides is 2. The van der Waals surface area contributed by atoms with E-state index in [1.54, 1.807) is 6.07 Å². The maximum Gasteiger partial charge on any atom is 0.415 e. The van der Waals surface area contributed by atoms with E-state index < -0.39 is 29.7 Å². The minimum Gasteiger partial charge on any atom is -0.482 e. The highest BCUT2D eigenvalue weighted by atomic mass is 16.6. The van der Waals surface area contributed by atoms with E-state index in [4.69, 9.17) is 15.3 Å². The number of ether oxygens (including phenoxy) is 2. The number of carbonyl (C=O) groups excluding carboxylic acids is 2. The highest BCUT2D eigenvalue weighted by Gasteiger charge is 2.64. The first-order valence-corrected chi connectivity index (χ1v) is 11.9. The summed E-state index contributed by atoms with van der Waals surface area (Å²) < 4.78 is 12.1. The van der Waals surface area contributed by atoms with E-state index in [9.17, 15) is 14.7 Å². The Hall–Kier alpha value is -2.62. The highest BCUT2D eigenvalue weighted by molar-refractivity contribution is 5.83. The number of rotatable bonds is 3. The average Bonchev–Trinajstić information content (AvgIpc) is 3.13. The van der Waals surface area contributed by atoms with Crippen LogP contribution in [0.1, 0.15) is 38.3 Å². The van der Waals surface area contributed by atoms with Gasteiger partial charge in [0, 0.05) is 30.0 Å². The molecule has 1 aromatic carbocycles. The Morgan fingerprint density at radius 3 is 2.76 bits per heavy atom. The van der Waals surface area contributed by atoms with Crippen LogP contribution in [0.3, 0.4) is 0 Å². The summed E-state index contributed by atoms with van der Waals surface area (Å²) in [6.45, 7) is 6.16. The standard InChI is InChI=1S/C25H34N4O5/c1-24(2,3)29(26)19(31)13-28(5)23(32)33-18-9-6-14-12-16-15-7-8-17(30)22-25(15,10-11-27(16)4)20(14)21(18)34-22/h6-9,15-17,22,30H,10-13,26H2,1-5H3/t15?,16?,17-,22-,25-/m0/s1. The average molecular weight is 471 g/mol. The van der Waals surface area contributed by atoms with E-state index in [-0.39, 0.29) is 17.9 Å². The summed E-state index contributed by atoms with van der Waals surface area (Å²) in [7, 11) is 3.65. The molecule has 2 aliphatic heterocycles. The van der Waals surface area contributed by atoms with Crippen LogP contribution in [0.2, 0.25) is 0 Å². The smallest absolute Gasteiger partial charge is 0.415 e. The van der Waals surface area contributed by atoms with E-state index in [0.717, 1.165) is 30.0 Å². The first kappa shape index (κ1) is 23.1. The van der Waals surface area contributed by atoms with E-state index in [1.807, 2.05) is 32.9 Å². The molecule has 1 saturated heterocycles. The van der Waals surface area contributed by atoms with Crippen molar-refractivity contribution in [2.24, 2.45) is 11.8 Å². The number of aliphatic hydroxyl groups is 1. The summed E-state index contributed by atoms with van der Waals surface area (Å²) in [5, 5.41) is 12.0. The number of likely N-dealkylation sites (tertiary alicyclic amines) is 1. The molecule has 2 heterocycles. The second-order valence-corrected chi connectivity index (χ2v) is 11.1. The Kier molecular flexibility index (Phi) is 5.24. The number of nitrogens with zero attached hydrogens (tertiary/aromatic N) is 3. The zero-order chi connectivity index (χ0) is 24.6. The van der Waals surface area contributed by atoms with Crippen molar-refractivity contribution in [2.45, 2.75) is 62.8 Å². The van der Waals surface area contributed by atoms with Gasteiger partial charge in [0.1, 0.15) is 18.8 Å². The Labute approximate surface area is 200 Å². The molecular formula is C25H34N4O5. The third-order valence-corrected chi connectivity index (χ3v) is 8.01. The van der Waals surface area contributed by atoms with Crippen LogP contribution in [0.25, 0.3) is 0 Å². The zero-order valence-electron chi connectivity index (χ0n) is 20.4. The number of aliphatic hydroxyl groups excluding tert-OH is 1. The Morgan fingerprint density at radius 2 is 2.06 bits per heavy atom. The van der Waals surface area contributed by atoms with Crippen molar-refractivity contribution in [3.63, 3.8) is 0 Å². The fraction of sp³-hybridized carbons (Fsp3) is 0.600. The molecule has 9 heteroatoms. The lowest BCUT2D eigenvalue weighted by Gasteiger charge is -2.56. The number of likely N-dealkylation sites (N-methyl/N-ethyl adjacent to an activating group) is 2. The molecule has 1 fully saturated rings. The van der Waals surface area contributed by atoms with Gasteiger partial charge in [-0.3, -0.25) is 9.80 Å². The molecule has 2 bridgehead atoms. The van der Waals surface area contributed by atoms with Gasteiger partial charge in [-0.15, -0.1) is 0 Å². The van der Waals surface area contributed by atoms with Gasteiger partial charge < -0.3 is 24.4 Å².